The van der Waals surface area contributed by atoms with Crippen molar-refractivity contribution in [1.82, 2.24) is 15.1 Å². The van der Waals surface area contributed by atoms with E-state index in [4.69, 9.17) is 4.74 Å². The van der Waals surface area contributed by atoms with Crippen molar-refractivity contribution in [1.29, 1.82) is 0 Å². The van der Waals surface area contributed by atoms with Gasteiger partial charge in [0.05, 0.1) is 17.7 Å². The first kappa shape index (κ1) is 20.8. The maximum absolute atomic E-state index is 12.7. The second kappa shape index (κ2) is 8.43. The van der Waals surface area contributed by atoms with E-state index in [9.17, 15) is 23.1 Å². The molecule has 0 aliphatic rings. The molecule has 0 saturated heterocycles. The summed E-state index contributed by atoms with van der Waals surface area (Å²) >= 11 is 0. The van der Waals surface area contributed by atoms with Crippen molar-refractivity contribution in [3.05, 3.63) is 46.8 Å². The van der Waals surface area contributed by atoms with Crippen LogP contribution in [0.3, 0.4) is 0 Å². The summed E-state index contributed by atoms with van der Waals surface area (Å²) in [6.45, 7) is 3.36. The number of hydrogen-bond acceptors (Lipinski definition) is 4. The number of aliphatic hydroxyl groups excluding tert-OH is 1. The van der Waals surface area contributed by atoms with E-state index in [0.29, 0.717) is 0 Å². The number of amides is 1. The third-order valence-electron chi connectivity index (χ3n) is 4.13. The molecule has 1 unspecified atom stereocenters. The van der Waals surface area contributed by atoms with Gasteiger partial charge in [-0.25, -0.2) is 0 Å². The standard InChI is InChI=1S/C18H22F3N3O3/c1-11-16(12(2)24(3)23-11)8-17(26)22-9-14(25)10-27-15-6-4-5-13(7-15)18(19,20)21/h4-7,14,25H,8-10H2,1-3H3,(H,22,26). The molecular weight excluding hydrogens is 363 g/mol. The quantitative estimate of drug-likeness (QED) is 0.766. The van der Waals surface area contributed by atoms with Crippen molar-refractivity contribution in [2.75, 3.05) is 13.2 Å². The molecule has 27 heavy (non-hydrogen) atoms. The summed E-state index contributed by atoms with van der Waals surface area (Å²) in [5.41, 5.74) is 1.64. The molecule has 1 atom stereocenters. The molecule has 2 N–H and O–H groups in total. The molecule has 1 heterocycles. The Bertz CT molecular complexity index is 803. The van der Waals surface area contributed by atoms with Crippen LogP contribution in [0.4, 0.5) is 13.2 Å². The Labute approximate surface area is 154 Å². The number of carbonyl (C=O) groups excluding carboxylic acids is 1. The third kappa shape index (κ3) is 5.72. The Morgan fingerprint density at radius 1 is 1.37 bits per heavy atom. The maximum atomic E-state index is 12.7. The van der Waals surface area contributed by atoms with E-state index >= 15 is 0 Å². The van der Waals surface area contributed by atoms with Gasteiger partial charge in [-0.15, -0.1) is 0 Å². The van der Waals surface area contributed by atoms with Gasteiger partial charge in [-0.05, 0) is 32.0 Å². The average molecular weight is 385 g/mol. The molecule has 0 fully saturated rings. The summed E-state index contributed by atoms with van der Waals surface area (Å²) < 4.78 is 44.8. The van der Waals surface area contributed by atoms with E-state index in [1.54, 1.807) is 11.7 Å². The molecule has 0 aliphatic heterocycles. The molecule has 1 aromatic heterocycles. The molecule has 6 nitrogen and oxygen atoms in total. The molecular formula is C18H22F3N3O3. The molecule has 0 spiro atoms. The summed E-state index contributed by atoms with van der Waals surface area (Å²) in [6.07, 6.45) is -5.39. The van der Waals surface area contributed by atoms with Gasteiger partial charge < -0.3 is 15.2 Å². The predicted octanol–water partition coefficient (Wildman–Crippen LogP) is 2.15. The normalized spacial score (nSPS) is 12.7. The van der Waals surface area contributed by atoms with Crippen LogP contribution in [0.2, 0.25) is 0 Å². The van der Waals surface area contributed by atoms with E-state index in [1.807, 2.05) is 13.8 Å². The van der Waals surface area contributed by atoms with Crippen LogP contribution in [-0.2, 0) is 24.4 Å². The average Bonchev–Trinajstić information content (AvgIpc) is 2.84. The van der Waals surface area contributed by atoms with Gasteiger partial charge in [-0.2, -0.15) is 18.3 Å². The van der Waals surface area contributed by atoms with Crippen molar-refractivity contribution in [2.24, 2.45) is 7.05 Å². The molecule has 0 bridgehead atoms. The minimum absolute atomic E-state index is 0.00295. The van der Waals surface area contributed by atoms with Crippen molar-refractivity contribution in [3.63, 3.8) is 0 Å². The Kier molecular flexibility index (Phi) is 6.48. The monoisotopic (exact) mass is 385 g/mol. The number of ether oxygens (including phenoxy) is 1. The lowest BCUT2D eigenvalue weighted by molar-refractivity contribution is -0.137. The molecule has 2 aromatic rings. The Morgan fingerprint density at radius 2 is 2.07 bits per heavy atom. The van der Waals surface area contributed by atoms with Gasteiger partial charge in [-0.1, -0.05) is 6.07 Å². The Morgan fingerprint density at radius 3 is 2.67 bits per heavy atom. The zero-order valence-corrected chi connectivity index (χ0v) is 15.3. The molecule has 9 heteroatoms. The summed E-state index contributed by atoms with van der Waals surface area (Å²) in [6, 6.07) is 4.39. The van der Waals surface area contributed by atoms with Crippen LogP contribution in [0.1, 0.15) is 22.5 Å². The van der Waals surface area contributed by atoms with E-state index in [-0.39, 0.29) is 31.2 Å². The minimum Gasteiger partial charge on any atom is -0.491 e. The highest BCUT2D eigenvalue weighted by Gasteiger charge is 2.30. The van der Waals surface area contributed by atoms with Gasteiger partial charge in [0.25, 0.3) is 0 Å². The number of benzene rings is 1. The van der Waals surface area contributed by atoms with Crippen LogP contribution < -0.4 is 10.1 Å². The van der Waals surface area contributed by atoms with E-state index in [1.165, 1.54) is 12.1 Å². The summed E-state index contributed by atoms with van der Waals surface area (Å²) in [4.78, 5) is 12.0. The lowest BCUT2D eigenvalue weighted by Crippen LogP contribution is -2.36. The predicted molar refractivity (Wildman–Crippen MR) is 92.3 cm³/mol. The van der Waals surface area contributed by atoms with Gasteiger partial charge >= 0.3 is 6.18 Å². The van der Waals surface area contributed by atoms with Gasteiger partial charge in [0.1, 0.15) is 18.5 Å². The van der Waals surface area contributed by atoms with Gasteiger partial charge in [-0.3, -0.25) is 9.48 Å². The zero-order valence-electron chi connectivity index (χ0n) is 15.3. The van der Waals surface area contributed by atoms with Crippen molar-refractivity contribution in [3.8, 4) is 5.75 Å². The Hall–Kier alpha value is -2.55. The van der Waals surface area contributed by atoms with Crippen LogP contribution in [0.25, 0.3) is 0 Å². The molecule has 0 radical (unpaired) electrons. The number of hydrogen-bond donors (Lipinski definition) is 2. The van der Waals surface area contributed by atoms with Crippen LogP contribution in [0, 0.1) is 13.8 Å². The highest BCUT2D eigenvalue weighted by molar-refractivity contribution is 5.79. The number of rotatable bonds is 7. The summed E-state index contributed by atoms with van der Waals surface area (Å²) in [5, 5.41) is 16.7. The van der Waals surface area contributed by atoms with Gasteiger partial charge in [0, 0.05) is 24.8 Å². The highest BCUT2D eigenvalue weighted by atomic mass is 19.4. The molecule has 1 aromatic carbocycles. The molecule has 0 saturated carbocycles. The van der Waals surface area contributed by atoms with Crippen LogP contribution in [0.5, 0.6) is 5.75 Å². The second-order valence-corrected chi connectivity index (χ2v) is 6.24. The van der Waals surface area contributed by atoms with Gasteiger partial charge in [0.2, 0.25) is 5.91 Å². The van der Waals surface area contributed by atoms with Crippen molar-refractivity contribution < 1.29 is 27.8 Å². The number of nitrogens with one attached hydrogen (secondary N) is 1. The van der Waals surface area contributed by atoms with Crippen LogP contribution >= 0.6 is 0 Å². The molecule has 2 rings (SSSR count). The maximum Gasteiger partial charge on any atom is 0.416 e. The fourth-order valence-electron chi connectivity index (χ4n) is 2.54. The number of halogens is 3. The summed E-state index contributed by atoms with van der Waals surface area (Å²) in [7, 11) is 1.79. The van der Waals surface area contributed by atoms with Crippen LogP contribution in [-0.4, -0.2) is 40.0 Å². The lowest BCUT2D eigenvalue weighted by atomic mass is 10.1. The van der Waals surface area contributed by atoms with Crippen molar-refractivity contribution in [2.45, 2.75) is 32.5 Å². The first-order valence-corrected chi connectivity index (χ1v) is 8.32. The zero-order chi connectivity index (χ0) is 20.2. The lowest BCUT2D eigenvalue weighted by Gasteiger charge is -2.14. The second-order valence-electron chi connectivity index (χ2n) is 6.24. The fourth-order valence-corrected chi connectivity index (χ4v) is 2.54. The largest absolute Gasteiger partial charge is 0.491 e. The third-order valence-corrected chi connectivity index (χ3v) is 4.13. The Balaban J connectivity index is 1.81. The number of alkyl halides is 3. The molecule has 148 valence electrons. The van der Waals surface area contributed by atoms with E-state index in [2.05, 4.69) is 10.4 Å². The number of carbonyl (C=O) groups is 1. The van der Waals surface area contributed by atoms with Gasteiger partial charge in [0.15, 0.2) is 0 Å². The first-order valence-electron chi connectivity index (χ1n) is 8.32. The smallest absolute Gasteiger partial charge is 0.416 e. The highest BCUT2D eigenvalue weighted by Crippen LogP contribution is 2.31. The minimum atomic E-state index is -4.46. The first-order chi connectivity index (χ1) is 12.6. The fraction of sp³-hybridized carbons (Fsp3) is 0.444. The summed E-state index contributed by atoms with van der Waals surface area (Å²) in [5.74, 6) is -0.288. The van der Waals surface area contributed by atoms with Crippen molar-refractivity contribution >= 4 is 5.91 Å². The van der Waals surface area contributed by atoms with E-state index in [0.717, 1.165) is 29.1 Å². The number of aryl methyl sites for hydroxylation is 2. The number of aliphatic hydroxyl groups is 1. The van der Waals surface area contributed by atoms with E-state index < -0.39 is 17.8 Å². The van der Waals surface area contributed by atoms with Crippen LogP contribution in [0.15, 0.2) is 24.3 Å². The number of aromatic nitrogens is 2. The topological polar surface area (TPSA) is 76.4 Å². The molecule has 1 amide bonds. The number of nitrogens with zero attached hydrogens (tertiary/aromatic N) is 2. The molecule has 0 aliphatic carbocycles. The SMILES string of the molecule is Cc1nn(C)c(C)c1CC(=O)NCC(O)COc1cccc(C(F)(F)F)c1.